The van der Waals surface area contributed by atoms with Crippen LogP contribution < -0.4 is 9.46 Å². The molecule has 0 radical (unpaired) electrons. The Bertz CT molecular complexity index is 966. The summed E-state index contributed by atoms with van der Waals surface area (Å²) in [5.74, 6) is 1.72. The average molecular weight is 342 g/mol. The number of anilines is 1. The van der Waals surface area contributed by atoms with E-state index in [1.807, 2.05) is 24.3 Å². The molecule has 0 unspecified atom stereocenters. The smallest absolute Gasteiger partial charge is 0.235 e. The first-order valence-electron chi connectivity index (χ1n) is 7.36. The molecule has 2 aromatic heterocycles. The normalized spacial score (nSPS) is 15.3. The lowest BCUT2D eigenvalue weighted by Gasteiger charge is -2.17. The van der Waals surface area contributed by atoms with Crippen LogP contribution in [0.2, 0.25) is 0 Å². The second kappa shape index (κ2) is 5.64. The Labute approximate surface area is 139 Å². The van der Waals surface area contributed by atoms with Crippen LogP contribution in [0.15, 0.2) is 55.0 Å². The molecule has 0 spiro atoms. The maximum absolute atomic E-state index is 11.8. The van der Waals surface area contributed by atoms with Crippen molar-refractivity contribution in [3.05, 3.63) is 55.0 Å². The topological polar surface area (TPSA) is 86.1 Å². The van der Waals surface area contributed by atoms with Crippen LogP contribution in [0, 0.1) is 0 Å². The highest BCUT2D eigenvalue weighted by Crippen LogP contribution is 2.31. The van der Waals surface area contributed by atoms with Gasteiger partial charge >= 0.3 is 0 Å². The van der Waals surface area contributed by atoms with Crippen molar-refractivity contribution in [3.8, 4) is 22.9 Å². The molecule has 0 saturated carbocycles. The van der Waals surface area contributed by atoms with Crippen LogP contribution in [0.1, 0.15) is 0 Å². The number of hydrogen-bond donors (Lipinski definition) is 1. The second-order valence-electron chi connectivity index (χ2n) is 5.35. The second-order valence-corrected chi connectivity index (χ2v) is 7.19. The lowest BCUT2D eigenvalue weighted by atomic mass is 10.1. The van der Waals surface area contributed by atoms with Crippen molar-refractivity contribution in [2.45, 2.75) is 6.54 Å². The molecule has 3 heterocycles. The van der Waals surface area contributed by atoms with E-state index in [-0.39, 0.29) is 5.75 Å². The number of ether oxygens (including phenoxy) is 1. The van der Waals surface area contributed by atoms with Crippen molar-refractivity contribution in [2.75, 3.05) is 10.5 Å². The van der Waals surface area contributed by atoms with Gasteiger partial charge in [-0.1, -0.05) is 6.07 Å². The molecule has 1 aromatic carbocycles. The molecule has 4 rings (SSSR count). The predicted molar refractivity (Wildman–Crippen MR) is 89.4 cm³/mol. The monoisotopic (exact) mass is 342 g/mol. The molecule has 0 fully saturated rings. The first-order valence-corrected chi connectivity index (χ1v) is 9.01. The van der Waals surface area contributed by atoms with Gasteiger partial charge in [0.2, 0.25) is 15.9 Å². The van der Waals surface area contributed by atoms with Crippen molar-refractivity contribution in [2.24, 2.45) is 0 Å². The summed E-state index contributed by atoms with van der Waals surface area (Å²) in [4.78, 5) is 8.44. The number of imidazole rings is 1. The molecule has 0 atom stereocenters. The number of nitrogens with zero attached hydrogens (tertiary/aromatic N) is 3. The molecule has 0 bridgehead atoms. The van der Waals surface area contributed by atoms with Crippen molar-refractivity contribution >= 4 is 15.8 Å². The van der Waals surface area contributed by atoms with Gasteiger partial charge in [0.15, 0.2) is 0 Å². The molecule has 1 aliphatic heterocycles. The third-order valence-electron chi connectivity index (χ3n) is 3.68. The van der Waals surface area contributed by atoms with Gasteiger partial charge in [-0.25, -0.2) is 18.4 Å². The average Bonchev–Trinajstić information content (AvgIpc) is 2.98. The number of pyridine rings is 1. The van der Waals surface area contributed by atoms with E-state index >= 15 is 0 Å². The van der Waals surface area contributed by atoms with Crippen molar-refractivity contribution in [3.63, 3.8) is 0 Å². The molecule has 8 heteroatoms. The number of rotatable bonds is 3. The third-order valence-corrected chi connectivity index (χ3v) is 4.90. The molecule has 1 N–H and O–H groups in total. The van der Waals surface area contributed by atoms with E-state index in [9.17, 15) is 8.42 Å². The molecule has 24 heavy (non-hydrogen) atoms. The number of nitrogens with one attached hydrogen (secondary N) is 1. The summed E-state index contributed by atoms with van der Waals surface area (Å²) in [6, 6.07) is 12.7. The van der Waals surface area contributed by atoms with Crippen molar-refractivity contribution in [1.29, 1.82) is 0 Å². The summed E-state index contributed by atoms with van der Waals surface area (Å²) in [7, 11) is -3.29. The number of aromatic nitrogens is 3. The van der Waals surface area contributed by atoms with Crippen LogP contribution >= 0.6 is 0 Å². The molecule has 122 valence electrons. The summed E-state index contributed by atoms with van der Waals surface area (Å²) < 4.78 is 33.6. The lowest BCUT2D eigenvalue weighted by Crippen LogP contribution is -2.27. The fraction of sp³-hybridized carbons (Fsp3) is 0.125. The first kappa shape index (κ1) is 14.7. The van der Waals surface area contributed by atoms with Crippen LogP contribution in [0.3, 0.4) is 0 Å². The molecule has 3 aromatic rings. The van der Waals surface area contributed by atoms with Crippen LogP contribution in [0.25, 0.3) is 11.3 Å². The van der Waals surface area contributed by atoms with E-state index in [1.165, 1.54) is 0 Å². The van der Waals surface area contributed by atoms with E-state index in [2.05, 4.69) is 14.7 Å². The summed E-state index contributed by atoms with van der Waals surface area (Å²) in [6.07, 6.45) is 3.30. The summed E-state index contributed by atoms with van der Waals surface area (Å²) in [6.45, 7) is 0.401. The van der Waals surface area contributed by atoms with Gasteiger partial charge in [-0.2, -0.15) is 0 Å². The highest BCUT2D eigenvalue weighted by molar-refractivity contribution is 7.92. The quantitative estimate of drug-likeness (QED) is 0.790. The Hall–Kier alpha value is -2.87. The number of aryl methyl sites for hydroxylation is 1. The minimum Gasteiger partial charge on any atom is -0.439 e. The molecular formula is C16H14N4O3S. The van der Waals surface area contributed by atoms with E-state index in [0.717, 1.165) is 5.56 Å². The minimum atomic E-state index is -3.29. The maximum Gasteiger partial charge on any atom is 0.235 e. The van der Waals surface area contributed by atoms with E-state index in [1.54, 1.807) is 35.3 Å². The van der Waals surface area contributed by atoms with Gasteiger partial charge in [0.25, 0.3) is 0 Å². The zero-order valence-electron chi connectivity index (χ0n) is 12.6. The van der Waals surface area contributed by atoms with Crippen LogP contribution in [0.4, 0.5) is 5.82 Å². The van der Waals surface area contributed by atoms with E-state index < -0.39 is 10.0 Å². The van der Waals surface area contributed by atoms with Crippen molar-refractivity contribution < 1.29 is 13.2 Å². The van der Waals surface area contributed by atoms with Gasteiger partial charge in [0, 0.05) is 24.4 Å². The minimum absolute atomic E-state index is 0.0622. The Morgan fingerprint density at radius 2 is 1.92 bits per heavy atom. The number of hydrogen-bond acceptors (Lipinski definition) is 5. The van der Waals surface area contributed by atoms with Gasteiger partial charge in [0.05, 0.1) is 12.1 Å². The fourth-order valence-electron chi connectivity index (χ4n) is 2.50. The zero-order chi connectivity index (χ0) is 16.6. The molecule has 0 amide bonds. The predicted octanol–water partition coefficient (Wildman–Crippen LogP) is 2.49. The summed E-state index contributed by atoms with van der Waals surface area (Å²) in [5, 5.41) is 0. The Kier molecular flexibility index (Phi) is 3.46. The first-order chi connectivity index (χ1) is 11.6. The number of sulfonamides is 1. The van der Waals surface area contributed by atoms with Crippen LogP contribution in [-0.2, 0) is 16.6 Å². The molecule has 0 saturated heterocycles. The van der Waals surface area contributed by atoms with Gasteiger partial charge in [-0.3, -0.25) is 4.72 Å². The van der Waals surface area contributed by atoms with Gasteiger partial charge < -0.3 is 9.30 Å². The molecule has 0 aliphatic carbocycles. The van der Waals surface area contributed by atoms with Gasteiger partial charge in [0.1, 0.15) is 17.3 Å². The maximum atomic E-state index is 11.8. The largest absolute Gasteiger partial charge is 0.439 e. The summed E-state index contributed by atoms with van der Waals surface area (Å²) in [5.41, 5.74) is 1.41. The molecular weight excluding hydrogens is 328 g/mol. The molecule has 1 aliphatic rings. The molecule has 7 nitrogen and oxygen atoms in total. The van der Waals surface area contributed by atoms with Crippen LogP contribution in [-0.4, -0.2) is 28.7 Å². The van der Waals surface area contributed by atoms with E-state index in [4.69, 9.17) is 4.74 Å². The van der Waals surface area contributed by atoms with Crippen molar-refractivity contribution in [1.82, 2.24) is 14.5 Å². The Balaban J connectivity index is 1.61. The standard InChI is InChI=1S/C16H14N4O3S/c21-24(22)10-9-20-11-18-15(16(20)19-24)12-4-6-13(7-5-12)23-14-3-1-2-8-17-14/h1-8,11,19H,9-10H2. The zero-order valence-corrected chi connectivity index (χ0v) is 13.4. The summed E-state index contributed by atoms with van der Waals surface area (Å²) >= 11 is 0. The van der Waals surface area contributed by atoms with E-state index in [0.29, 0.717) is 29.7 Å². The SMILES string of the molecule is O=S1(=O)CCn2cnc(-c3ccc(Oc4ccccn4)cc3)c2N1. The van der Waals surface area contributed by atoms with Gasteiger partial charge in [-0.15, -0.1) is 0 Å². The highest BCUT2D eigenvalue weighted by Gasteiger charge is 2.24. The van der Waals surface area contributed by atoms with Gasteiger partial charge in [-0.05, 0) is 30.3 Å². The third kappa shape index (κ3) is 2.83. The lowest BCUT2D eigenvalue weighted by molar-refractivity contribution is 0.463. The van der Waals surface area contributed by atoms with Crippen LogP contribution in [0.5, 0.6) is 11.6 Å². The Morgan fingerprint density at radius 1 is 1.08 bits per heavy atom. The highest BCUT2D eigenvalue weighted by atomic mass is 32.2. The fourth-order valence-corrected chi connectivity index (χ4v) is 3.54. The Morgan fingerprint density at radius 3 is 2.67 bits per heavy atom. The number of fused-ring (bicyclic) bond motifs is 1. The number of benzene rings is 1.